The SMILES string of the molecule is CN(c1ccc(C(F)(F)F)cc1C#N)C1CCCN(c2cccnn2)C1. The molecule has 26 heavy (non-hydrogen) atoms. The van der Waals surface area contributed by atoms with Gasteiger partial charge in [-0.05, 0) is 43.2 Å². The van der Waals surface area contributed by atoms with Gasteiger partial charge in [0.25, 0.3) is 0 Å². The number of aromatic nitrogens is 2. The number of halogens is 3. The minimum atomic E-state index is -4.46. The van der Waals surface area contributed by atoms with Gasteiger partial charge in [0.05, 0.1) is 16.8 Å². The first-order valence-electron chi connectivity index (χ1n) is 8.27. The highest BCUT2D eigenvalue weighted by molar-refractivity contribution is 5.61. The van der Waals surface area contributed by atoms with Crippen LogP contribution in [0.25, 0.3) is 0 Å². The highest BCUT2D eigenvalue weighted by Gasteiger charge is 2.32. The van der Waals surface area contributed by atoms with Gasteiger partial charge in [-0.15, -0.1) is 5.10 Å². The zero-order valence-electron chi connectivity index (χ0n) is 14.2. The number of benzene rings is 1. The summed E-state index contributed by atoms with van der Waals surface area (Å²) in [6, 6.07) is 8.97. The van der Waals surface area contributed by atoms with Crippen molar-refractivity contribution in [1.82, 2.24) is 10.2 Å². The number of hydrogen-bond acceptors (Lipinski definition) is 5. The van der Waals surface area contributed by atoms with Gasteiger partial charge < -0.3 is 9.80 Å². The molecule has 1 aliphatic rings. The van der Waals surface area contributed by atoms with Gasteiger partial charge in [-0.3, -0.25) is 0 Å². The molecule has 136 valence electrons. The van der Waals surface area contributed by atoms with E-state index in [0.717, 1.165) is 37.3 Å². The van der Waals surface area contributed by atoms with E-state index in [1.54, 1.807) is 6.20 Å². The molecular weight excluding hydrogens is 343 g/mol. The van der Waals surface area contributed by atoms with Crippen LogP contribution < -0.4 is 9.80 Å². The Morgan fingerprint density at radius 3 is 2.77 bits per heavy atom. The number of nitrogens with zero attached hydrogens (tertiary/aromatic N) is 5. The van der Waals surface area contributed by atoms with Crippen molar-refractivity contribution in [3.8, 4) is 6.07 Å². The lowest BCUT2D eigenvalue weighted by Gasteiger charge is -2.39. The normalized spacial score (nSPS) is 17.7. The van der Waals surface area contributed by atoms with Crippen LogP contribution in [0.1, 0.15) is 24.0 Å². The van der Waals surface area contributed by atoms with Crippen molar-refractivity contribution in [2.45, 2.75) is 25.1 Å². The fraction of sp³-hybridized carbons (Fsp3) is 0.389. The molecule has 0 bridgehead atoms. The lowest BCUT2D eigenvalue weighted by Crippen LogP contribution is -2.47. The maximum absolute atomic E-state index is 12.9. The monoisotopic (exact) mass is 361 g/mol. The van der Waals surface area contributed by atoms with Gasteiger partial charge in [0.1, 0.15) is 6.07 Å². The second-order valence-corrected chi connectivity index (χ2v) is 6.28. The molecule has 1 saturated heterocycles. The highest BCUT2D eigenvalue weighted by Crippen LogP contribution is 2.33. The summed E-state index contributed by atoms with van der Waals surface area (Å²) in [5.41, 5.74) is -0.276. The number of nitriles is 1. The summed E-state index contributed by atoms with van der Waals surface area (Å²) in [4.78, 5) is 4.00. The molecule has 0 aliphatic carbocycles. The topological polar surface area (TPSA) is 56.1 Å². The van der Waals surface area contributed by atoms with E-state index in [-0.39, 0.29) is 11.6 Å². The number of rotatable bonds is 3. The Kier molecular flexibility index (Phi) is 4.98. The Morgan fingerprint density at radius 1 is 1.31 bits per heavy atom. The highest BCUT2D eigenvalue weighted by atomic mass is 19.4. The quantitative estimate of drug-likeness (QED) is 0.838. The van der Waals surface area contributed by atoms with Gasteiger partial charge in [-0.25, -0.2) is 0 Å². The largest absolute Gasteiger partial charge is 0.416 e. The molecule has 0 N–H and O–H groups in total. The summed E-state index contributed by atoms with van der Waals surface area (Å²) in [7, 11) is 1.81. The lowest BCUT2D eigenvalue weighted by atomic mass is 10.0. The summed E-state index contributed by atoms with van der Waals surface area (Å²) in [6.07, 6.45) is -1.04. The van der Waals surface area contributed by atoms with E-state index in [9.17, 15) is 18.4 Å². The molecule has 8 heteroatoms. The third-order valence-corrected chi connectivity index (χ3v) is 4.65. The predicted octanol–water partition coefficient (Wildman–Crippen LogP) is 3.47. The summed E-state index contributed by atoms with van der Waals surface area (Å²) < 4.78 is 38.7. The van der Waals surface area contributed by atoms with Crippen LogP contribution in [0.2, 0.25) is 0 Å². The van der Waals surface area contributed by atoms with E-state index in [2.05, 4.69) is 15.1 Å². The number of alkyl halides is 3. The summed E-state index contributed by atoms with van der Waals surface area (Å²) >= 11 is 0. The maximum Gasteiger partial charge on any atom is 0.416 e. The van der Waals surface area contributed by atoms with Gasteiger partial charge in [-0.1, -0.05) is 0 Å². The van der Waals surface area contributed by atoms with E-state index >= 15 is 0 Å². The first-order chi connectivity index (χ1) is 12.4. The van der Waals surface area contributed by atoms with Gasteiger partial charge >= 0.3 is 6.18 Å². The second kappa shape index (κ2) is 7.20. The smallest absolute Gasteiger partial charge is 0.369 e. The molecule has 1 unspecified atom stereocenters. The minimum absolute atomic E-state index is 0.0268. The fourth-order valence-electron chi connectivity index (χ4n) is 3.25. The van der Waals surface area contributed by atoms with Crippen molar-refractivity contribution >= 4 is 11.5 Å². The van der Waals surface area contributed by atoms with Crippen LogP contribution in [0.5, 0.6) is 0 Å². The van der Waals surface area contributed by atoms with Crippen molar-refractivity contribution < 1.29 is 13.2 Å². The minimum Gasteiger partial charge on any atom is -0.369 e. The Hall–Kier alpha value is -2.82. The molecule has 5 nitrogen and oxygen atoms in total. The first-order valence-corrected chi connectivity index (χ1v) is 8.27. The summed E-state index contributed by atoms with van der Waals surface area (Å²) in [5, 5.41) is 17.3. The molecule has 2 heterocycles. The van der Waals surface area contributed by atoms with Crippen molar-refractivity contribution in [3.63, 3.8) is 0 Å². The van der Waals surface area contributed by atoms with Crippen molar-refractivity contribution in [2.24, 2.45) is 0 Å². The van der Waals surface area contributed by atoms with E-state index < -0.39 is 11.7 Å². The molecule has 1 atom stereocenters. The van der Waals surface area contributed by atoms with Crippen LogP contribution in [0.3, 0.4) is 0 Å². The Balaban J connectivity index is 1.82. The third-order valence-electron chi connectivity index (χ3n) is 4.65. The molecule has 0 amide bonds. The molecule has 3 rings (SSSR count). The standard InChI is InChI=1S/C18H18F3N5/c1-25(16-7-6-14(18(19,20)21)10-13(16)11-22)15-4-3-9-26(12-15)17-5-2-8-23-24-17/h2,5-8,10,15H,3-4,9,12H2,1H3. The molecule has 0 saturated carbocycles. The van der Waals surface area contributed by atoms with E-state index in [4.69, 9.17) is 0 Å². The molecule has 1 aromatic carbocycles. The number of likely N-dealkylation sites (N-methyl/N-ethyl adjacent to an activating group) is 1. The van der Waals surface area contributed by atoms with Crippen LogP contribution in [-0.2, 0) is 6.18 Å². The fourth-order valence-corrected chi connectivity index (χ4v) is 3.25. The van der Waals surface area contributed by atoms with Crippen LogP contribution in [0.15, 0.2) is 36.5 Å². The van der Waals surface area contributed by atoms with Crippen LogP contribution in [0, 0.1) is 11.3 Å². The second-order valence-electron chi connectivity index (χ2n) is 6.28. The lowest BCUT2D eigenvalue weighted by molar-refractivity contribution is -0.137. The van der Waals surface area contributed by atoms with Crippen molar-refractivity contribution in [3.05, 3.63) is 47.7 Å². The zero-order valence-corrected chi connectivity index (χ0v) is 14.2. The summed E-state index contributed by atoms with van der Waals surface area (Å²) in [5.74, 6) is 0.776. The molecule has 1 aliphatic heterocycles. The van der Waals surface area contributed by atoms with Gasteiger partial charge in [-0.2, -0.15) is 23.5 Å². The molecule has 1 fully saturated rings. The number of hydrogen-bond donors (Lipinski definition) is 0. The zero-order chi connectivity index (χ0) is 18.7. The Labute approximate surface area is 149 Å². The Bertz CT molecular complexity index is 801. The third kappa shape index (κ3) is 3.72. The molecule has 2 aromatic rings. The predicted molar refractivity (Wildman–Crippen MR) is 91.8 cm³/mol. The molecular formula is C18H18F3N5. The molecule has 0 spiro atoms. The van der Waals surface area contributed by atoms with E-state index in [1.807, 2.05) is 30.1 Å². The van der Waals surface area contributed by atoms with E-state index in [0.29, 0.717) is 12.2 Å². The average molecular weight is 361 g/mol. The number of anilines is 2. The van der Waals surface area contributed by atoms with Crippen LogP contribution >= 0.6 is 0 Å². The summed E-state index contributed by atoms with van der Waals surface area (Å²) in [6.45, 7) is 1.52. The van der Waals surface area contributed by atoms with Crippen LogP contribution in [0.4, 0.5) is 24.7 Å². The van der Waals surface area contributed by atoms with Gasteiger partial charge in [0.15, 0.2) is 5.82 Å². The molecule has 0 radical (unpaired) electrons. The average Bonchev–Trinajstić information content (AvgIpc) is 2.67. The van der Waals surface area contributed by atoms with Gasteiger partial charge in [0, 0.05) is 32.4 Å². The maximum atomic E-state index is 12.9. The molecule has 1 aromatic heterocycles. The van der Waals surface area contributed by atoms with Crippen molar-refractivity contribution in [1.29, 1.82) is 5.26 Å². The number of piperidine rings is 1. The Morgan fingerprint density at radius 2 is 2.12 bits per heavy atom. The van der Waals surface area contributed by atoms with Gasteiger partial charge in [0.2, 0.25) is 0 Å². The first kappa shape index (κ1) is 18.0. The van der Waals surface area contributed by atoms with Crippen LogP contribution in [-0.4, -0.2) is 36.4 Å². The van der Waals surface area contributed by atoms with Crippen molar-refractivity contribution in [2.75, 3.05) is 29.9 Å². The van der Waals surface area contributed by atoms with E-state index in [1.165, 1.54) is 6.07 Å².